The van der Waals surface area contributed by atoms with Gasteiger partial charge in [0.05, 0.1) is 6.04 Å². The summed E-state index contributed by atoms with van der Waals surface area (Å²) in [6.45, 7) is 1.92. The molecule has 2 amide bonds. The number of amides is 2. The Labute approximate surface area is 152 Å². The van der Waals surface area contributed by atoms with Crippen molar-refractivity contribution >= 4 is 17.5 Å². The van der Waals surface area contributed by atoms with E-state index in [0.29, 0.717) is 23.0 Å². The van der Waals surface area contributed by atoms with E-state index in [1.165, 1.54) is 0 Å². The molecule has 1 aliphatic rings. The van der Waals surface area contributed by atoms with Gasteiger partial charge in [-0.15, -0.1) is 0 Å². The molecule has 0 spiro atoms. The minimum atomic E-state index is -0.179. The van der Waals surface area contributed by atoms with E-state index in [4.69, 9.17) is 10.5 Å². The van der Waals surface area contributed by atoms with Gasteiger partial charge in [0, 0.05) is 17.3 Å². The van der Waals surface area contributed by atoms with Crippen molar-refractivity contribution < 1.29 is 14.3 Å². The molecule has 3 rings (SSSR count). The molecule has 0 heterocycles. The highest BCUT2D eigenvalue weighted by Gasteiger charge is 2.23. The van der Waals surface area contributed by atoms with Gasteiger partial charge in [-0.3, -0.25) is 9.59 Å². The van der Waals surface area contributed by atoms with Crippen LogP contribution in [0.1, 0.15) is 41.7 Å². The molecule has 0 aromatic heterocycles. The second-order valence-corrected chi connectivity index (χ2v) is 6.52. The predicted octanol–water partition coefficient (Wildman–Crippen LogP) is 2.42. The summed E-state index contributed by atoms with van der Waals surface area (Å²) in [5, 5.41) is 5.81. The molecule has 4 N–H and O–H groups in total. The molecule has 0 bridgehead atoms. The van der Waals surface area contributed by atoms with Crippen molar-refractivity contribution in [2.75, 3.05) is 12.3 Å². The summed E-state index contributed by atoms with van der Waals surface area (Å²) in [4.78, 5) is 23.9. The lowest BCUT2D eigenvalue weighted by Crippen LogP contribution is -2.30. The van der Waals surface area contributed by atoms with Gasteiger partial charge in [-0.1, -0.05) is 18.2 Å². The number of hydrogen-bond donors (Lipinski definition) is 3. The number of nitrogen functional groups attached to an aromatic ring is 1. The molecule has 0 saturated heterocycles. The molecular formula is C20H23N3O3. The summed E-state index contributed by atoms with van der Waals surface area (Å²) in [7, 11) is 0. The first-order valence-corrected chi connectivity index (χ1v) is 8.70. The molecule has 0 aliphatic heterocycles. The molecule has 6 nitrogen and oxygen atoms in total. The zero-order valence-corrected chi connectivity index (χ0v) is 14.7. The Bertz CT molecular complexity index is 785. The van der Waals surface area contributed by atoms with Crippen molar-refractivity contribution in [2.45, 2.75) is 31.8 Å². The van der Waals surface area contributed by atoms with Gasteiger partial charge in [0.15, 0.2) is 6.61 Å². The lowest BCUT2D eigenvalue weighted by Gasteiger charge is -2.15. The molecule has 26 heavy (non-hydrogen) atoms. The van der Waals surface area contributed by atoms with E-state index >= 15 is 0 Å². The number of hydrogen-bond acceptors (Lipinski definition) is 4. The van der Waals surface area contributed by atoms with Crippen LogP contribution in [-0.2, 0) is 4.79 Å². The third kappa shape index (κ3) is 4.99. The van der Waals surface area contributed by atoms with Gasteiger partial charge in [0.25, 0.3) is 11.8 Å². The van der Waals surface area contributed by atoms with Crippen LogP contribution < -0.4 is 21.1 Å². The first-order valence-electron chi connectivity index (χ1n) is 8.70. The number of rotatable bonds is 7. The molecule has 1 fully saturated rings. The lowest BCUT2D eigenvalue weighted by molar-refractivity contribution is -0.123. The summed E-state index contributed by atoms with van der Waals surface area (Å²) in [5.41, 5.74) is 7.73. The normalized spacial score (nSPS) is 14.3. The van der Waals surface area contributed by atoms with E-state index in [1.807, 2.05) is 19.1 Å². The zero-order valence-electron chi connectivity index (χ0n) is 14.7. The molecule has 136 valence electrons. The Hall–Kier alpha value is -3.02. The van der Waals surface area contributed by atoms with Gasteiger partial charge in [-0.05, 0) is 55.7 Å². The zero-order chi connectivity index (χ0) is 18.5. The summed E-state index contributed by atoms with van der Waals surface area (Å²) in [6, 6.07) is 14.4. The summed E-state index contributed by atoms with van der Waals surface area (Å²) >= 11 is 0. The van der Waals surface area contributed by atoms with E-state index in [-0.39, 0.29) is 24.5 Å². The van der Waals surface area contributed by atoms with Gasteiger partial charge in [-0.25, -0.2) is 0 Å². The summed E-state index contributed by atoms with van der Waals surface area (Å²) < 4.78 is 5.48. The molecule has 2 aromatic carbocycles. The van der Waals surface area contributed by atoms with E-state index in [9.17, 15) is 9.59 Å². The fourth-order valence-electron chi connectivity index (χ4n) is 2.54. The SMILES string of the molecule is CC(NC(=O)c1cccc(N)c1)c1ccc(OCC(=O)NC2CC2)cc1. The van der Waals surface area contributed by atoms with Crippen LogP contribution in [0.3, 0.4) is 0 Å². The van der Waals surface area contributed by atoms with Crippen molar-refractivity contribution in [3.8, 4) is 5.75 Å². The van der Waals surface area contributed by atoms with Gasteiger partial charge < -0.3 is 21.1 Å². The third-order valence-electron chi connectivity index (χ3n) is 4.19. The smallest absolute Gasteiger partial charge is 0.258 e. The number of nitrogens with one attached hydrogen (secondary N) is 2. The maximum atomic E-state index is 12.3. The molecule has 0 radical (unpaired) electrons. The molecule has 2 aromatic rings. The van der Waals surface area contributed by atoms with Crippen LogP contribution in [0.4, 0.5) is 5.69 Å². The number of carbonyl (C=O) groups excluding carboxylic acids is 2. The van der Waals surface area contributed by atoms with Crippen LogP contribution >= 0.6 is 0 Å². The molecule has 1 unspecified atom stereocenters. The van der Waals surface area contributed by atoms with Crippen LogP contribution in [0, 0.1) is 0 Å². The maximum Gasteiger partial charge on any atom is 0.258 e. The van der Waals surface area contributed by atoms with Crippen molar-refractivity contribution in [2.24, 2.45) is 0 Å². The van der Waals surface area contributed by atoms with Crippen LogP contribution in [0.2, 0.25) is 0 Å². The van der Waals surface area contributed by atoms with Gasteiger partial charge >= 0.3 is 0 Å². The van der Waals surface area contributed by atoms with E-state index in [0.717, 1.165) is 18.4 Å². The molecule has 6 heteroatoms. The Kier molecular flexibility index (Phi) is 5.41. The van der Waals surface area contributed by atoms with E-state index < -0.39 is 0 Å². The van der Waals surface area contributed by atoms with Gasteiger partial charge in [0.1, 0.15) is 5.75 Å². The fraction of sp³-hybridized carbons (Fsp3) is 0.300. The summed E-state index contributed by atoms with van der Waals surface area (Å²) in [5.74, 6) is 0.343. The summed E-state index contributed by atoms with van der Waals surface area (Å²) in [6.07, 6.45) is 2.11. The Morgan fingerprint density at radius 2 is 1.92 bits per heavy atom. The van der Waals surface area contributed by atoms with Crippen LogP contribution in [-0.4, -0.2) is 24.5 Å². The monoisotopic (exact) mass is 353 g/mol. The first kappa shape index (κ1) is 17.8. The molecular weight excluding hydrogens is 330 g/mol. The van der Waals surface area contributed by atoms with Crippen molar-refractivity contribution in [3.63, 3.8) is 0 Å². The Morgan fingerprint density at radius 3 is 2.58 bits per heavy atom. The van der Waals surface area contributed by atoms with Crippen molar-refractivity contribution in [3.05, 3.63) is 59.7 Å². The average molecular weight is 353 g/mol. The molecule has 1 atom stereocenters. The number of benzene rings is 2. The highest BCUT2D eigenvalue weighted by molar-refractivity contribution is 5.95. The third-order valence-corrected chi connectivity index (χ3v) is 4.19. The second kappa shape index (κ2) is 7.91. The predicted molar refractivity (Wildman–Crippen MR) is 99.8 cm³/mol. The lowest BCUT2D eigenvalue weighted by atomic mass is 10.1. The standard InChI is InChI=1S/C20H23N3O3/c1-13(22-20(25)15-3-2-4-16(21)11-15)14-5-9-18(10-6-14)26-12-19(24)23-17-7-8-17/h2-6,9-11,13,17H,7-8,12,21H2,1H3,(H,22,25)(H,23,24). The highest BCUT2D eigenvalue weighted by atomic mass is 16.5. The fourth-order valence-corrected chi connectivity index (χ4v) is 2.54. The average Bonchev–Trinajstić information content (AvgIpc) is 3.44. The second-order valence-electron chi connectivity index (χ2n) is 6.52. The van der Waals surface area contributed by atoms with Crippen LogP contribution in [0.15, 0.2) is 48.5 Å². The number of ether oxygens (including phenoxy) is 1. The quantitative estimate of drug-likeness (QED) is 0.667. The first-order chi connectivity index (χ1) is 12.5. The topological polar surface area (TPSA) is 93.5 Å². The Morgan fingerprint density at radius 1 is 1.19 bits per heavy atom. The number of carbonyl (C=O) groups is 2. The van der Waals surface area contributed by atoms with Crippen molar-refractivity contribution in [1.29, 1.82) is 0 Å². The van der Waals surface area contributed by atoms with Gasteiger partial charge in [0.2, 0.25) is 0 Å². The van der Waals surface area contributed by atoms with Crippen molar-refractivity contribution in [1.82, 2.24) is 10.6 Å². The van der Waals surface area contributed by atoms with Crippen LogP contribution in [0.5, 0.6) is 5.75 Å². The highest BCUT2D eigenvalue weighted by Crippen LogP contribution is 2.20. The van der Waals surface area contributed by atoms with Gasteiger partial charge in [-0.2, -0.15) is 0 Å². The van der Waals surface area contributed by atoms with E-state index in [1.54, 1.807) is 36.4 Å². The van der Waals surface area contributed by atoms with Crippen LogP contribution in [0.25, 0.3) is 0 Å². The largest absolute Gasteiger partial charge is 0.484 e. The number of nitrogens with two attached hydrogens (primary N) is 1. The molecule has 1 saturated carbocycles. The molecule has 1 aliphatic carbocycles. The minimum absolute atomic E-state index is 0.0115. The minimum Gasteiger partial charge on any atom is -0.484 e. The Balaban J connectivity index is 1.52. The maximum absolute atomic E-state index is 12.3. The van der Waals surface area contributed by atoms with E-state index in [2.05, 4.69) is 10.6 Å². The number of anilines is 1.